The number of nitrogens with one attached hydrogen (secondary N) is 2. The summed E-state index contributed by atoms with van der Waals surface area (Å²) < 4.78 is 0. The van der Waals surface area contributed by atoms with Gasteiger partial charge in [-0.3, -0.25) is 4.79 Å². The van der Waals surface area contributed by atoms with Gasteiger partial charge in [0, 0.05) is 17.7 Å². The molecule has 3 nitrogen and oxygen atoms in total. The fourth-order valence-electron chi connectivity index (χ4n) is 3.33. The van der Waals surface area contributed by atoms with Crippen LogP contribution in [-0.2, 0) is 0 Å². The molecule has 0 saturated carbocycles. The number of hydrogen-bond acceptors (Lipinski definition) is 3. The molecule has 2 aromatic heterocycles. The summed E-state index contributed by atoms with van der Waals surface area (Å²) in [5, 5.41) is 5.37. The predicted molar refractivity (Wildman–Crippen MR) is 93.0 cm³/mol. The zero-order valence-electron chi connectivity index (χ0n) is 13.1. The smallest absolute Gasteiger partial charge is 0.261 e. The number of amides is 1. The molecule has 1 aliphatic heterocycles. The summed E-state index contributed by atoms with van der Waals surface area (Å²) in [6.07, 6.45) is 2.59. The molecular weight excluding hydrogens is 312 g/mol. The average Bonchev–Trinajstić information content (AvgIpc) is 3.20. The van der Waals surface area contributed by atoms with Gasteiger partial charge in [-0.2, -0.15) is 0 Å². The maximum absolute atomic E-state index is 12.5. The third-order valence-corrected chi connectivity index (χ3v) is 6.31. The van der Waals surface area contributed by atoms with Crippen molar-refractivity contribution in [2.75, 3.05) is 13.1 Å². The Bertz CT molecular complexity index is 614. The number of likely N-dealkylation sites (tertiary alicyclic amines) is 1. The van der Waals surface area contributed by atoms with E-state index in [0.29, 0.717) is 6.04 Å². The van der Waals surface area contributed by atoms with Gasteiger partial charge in [-0.05, 0) is 37.4 Å². The average molecular weight is 336 g/mol. The highest BCUT2D eigenvalue weighted by molar-refractivity contribution is 7.14. The van der Waals surface area contributed by atoms with Gasteiger partial charge in [0.05, 0.1) is 28.9 Å². The van der Waals surface area contributed by atoms with E-state index in [-0.39, 0.29) is 11.9 Å². The highest BCUT2D eigenvalue weighted by Crippen LogP contribution is 2.22. The first-order valence-electron chi connectivity index (χ1n) is 7.90. The quantitative estimate of drug-likeness (QED) is 0.865. The molecule has 0 aliphatic carbocycles. The number of aryl methyl sites for hydroxylation is 1. The Hall–Kier alpha value is -1.17. The first-order chi connectivity index (χ1) is 10.6. The van der Waals surface area contributed by atoms with Gasteiger partial charge in [-0.25, -0.2) is 0 Å². The summed E-state index contributed by atoms with van der Waals surface area (Å²) in [6, 6.07) is 8.75. The van der Waals surface area contributed by atoms with Gasteiger partial charge < -0.3 is 10.2 Å². The van der Waals surface area contributed by atoms with Gasteiger partial charge in [0.25, 0.3) is 5.91 Å². The maximum atomic E-state index is 12.5. The molecule has 0 unspecified atom stereocenters. The van der Waals surface area contributed by atoms with Crippen molar-refractivity contribution < 1.29 is 9.69 Å². The summed E-state index contributed by atoms with van der Waals surface area (Å²) in [7, 11) is 0. The molecule has 5 heteroatoms. The molecule has 1 aliphatic rings. The summed E-state index contributed by atoms with van der Waals surface area (Å²) >= 11 is 3.37. The van der Waals surface area contributed by atoms with Crippen LogP contribution in [-0.4, -0.2) is 25.0 Å². The van der Waals surface area contributed by atoms with Gasteiger partial charge in [-0.15, -0.1) is 22.7 Å². The lowest BCUT2D eigenvalue weighted by Crippen LogP contribution is -3.11. The molecule has 2 atom stereocenters. The second kappa shape index (κ2) is 6.94. The van der Waals surface area contributed by atoms with E-state index in [1.807, 2.05) is 19.1 Å². The molecule has 1 fully saturated rings. The molecule has 2 N–H and O–H groups in total. The van der Waals surface area contributed by atoms with Crippen LogP contribution >= 0.6 is 22.7 Å². The van der Waals surface area contributed by atoms with Gasteiger partial charge in [-0.1, -0.05) is 6.07 Å². The standard InChI is InChI=1S/C17H22N2OS2/c1-12-7-8-15(22-12)17(20)18-13(2)16(14-6-5-11-21-14)19-9-3-4-10-19/h5-8,11,13,16H,3-4,9-10H2,1-2H3,(H,18,20)/p+1/t13-,16+/m0/s1. The molecule has 118 valence electrons. The minimum Gasteiger partial charge on any atom is -0.342 e. The number of carbonyl (C=O) groups is 1. The Balaban J connectivity index is 1.74. The van der Waals surface area contributed by atoms with E-state index in [2.05, 4.69) is 29.8 Å². The lowest BCUT2D eigenvalue weighted by molar-refractivity contribution is -0.920. The summed E-state index contributed by atoms with van der Waals surface area (Å²) in [6.45, 7) is 6.60. The van der Waals surface area contributed by atoms with Gasteiger partial charge in [0.15, 0.2) is 0 Å². The largest absolute Gasteiger partial charge is 0.342 e. The van der Waals surface area contributed by atoms with Crippen molar-refractivity contribution in [1.82, 2.24) is 5.32 Å². The Morgan fingerprint density at radius 3 is 2.64 bits per heavy atom. The summed E-state index contributed by atoms with van der Waals surface area (Å²) in [4.78, 5) is 17.4. The van der Waals surface area contributed by atoms with Crippen LogP contribution in [0.25, 0.3) is 0 Å². The first-order valence-corrected chi connectivity index (χ1v) is 9.60. The molecule has 0 aromatic carbocycles. The molecule has 3 rings (SSSR count). The molecule has 0 bridgehead atoms. The van der Waals surface area contributed by atoms with E-state index in [4.69, 9.17) is 0 Å². The van der Waals surface area contributed by atoms with Crippen LogP contribution in [0.1, 0.15) is 45.2 Å². The highest BCUT2D eigenvalue weighted by atomic mass is 32.1. The molecule has 2 aromatic rings. The van der Waals surface area contributed by atoms with Crippen molar-refractivity contribution in [3.63, 3.8) is 0 Å². The summed E-state index contributed by atoms with van der Waals surface area (Å²) in [5.74, 6) is 0.0609. The topological polar surface area (TPSA) is 33.5 Å². The normalized spacial score (nSPS) is 18.3. The van der Waals surface area contributed by atoms with Crippen molar-refractivity contribution in [3.8, 4) is 0 Å². The Kier molecular flexibility index (Phi) is 4.96. The van der Waals surface area contributed by atoms with Crippen LogP contribution in [0.5, 0.6) is 0 Å². The van der Waals surface area contributed by atoms with Crippen LogP contribution in [0, 0.1) is 6.92 Å². The number of rotatable bonds is 5. The fourth-order valence-corrected chi connectivity index (χ4v) is 5.09. The third kappa shape index (κ3) is 3.42. The monoisotopic (exact) mass is 335 g/mol. The Labute approximate surface area is 140 Å². The lowest BCUT2D eigenvalue weighted by atomic mass is 10.1. The maximum Gasteiger partial charge on any atom is 0.261 e. The summed E-state index contributed by atoms with van der Waals surface area (Å²) in [5.41, 5.74) is 0. The van der Waals surface area contributed by atoms with Crippen LogP contribution in [0.3, 0.4) is 0 Å². The molecule has 0 radical (unpaired) electrons. The molecular formula is C17H23N2OS2+. The van der Waals surface area contributed by atoms with Crippen molar-refractivity contribution in [1.29, 1.82) is 0 Å². The van der Waals surface area contributed by atoms with E-state index in [0.717, 1.165) is 4.88 Å². The Morgan fingerprint density at radius 1 is 1.27 bits per heavy atom. The minimum absolute atomic E-state index is 0.0609. The van der Waals surface area contributed by atoms with Crippen molar-refractivity contribution in [2.24, 2.45) is 0 Å². The number of hydrogen-bond donors (Lipinski definition) is 2. The van der Waals surface area contributed by atoms with E-state index in [1.54, 1.807) is 27.6 Å². The van der Waals surface area contributed by atoms with Crippen LogP contribution < -0.4 is 10.2 Å². The molecule has 3 heterocycles. The van der Waals surface area contributed by atoms with Crippen molar-refractivity contribution in [2.45, 2.75) is 38.8 Å². The number of quaternary nitrogens is 1. The van der Waals surface area contributed by atoms with Crippen LogP contribution in [0.4, 0.5) is 0 Å². The highest BCUT2D eigenvalue weighted by Gasteiger charge is 2.33. The van der Waals surface area contributed by atoms with Crippen LogP contribution in [0.2, 0.25) is 0 Å². The first kappa shape index (κ1) is 15.7. The van der Waals surface area contributed by atoms with Crippen LogP contribution in [0.15, 0.2) is 29.6 Å². The predicted octanol–water partition coefficient (Wildman–Crippen LogP) is 2.66. The van der Waals surface area contributed by atoms with E-state index < -0.39 is 0 Å². The van der Waals surface area contributed by atoms with Crippen molar-refractivity contribution in [3.05, 3.63) is 44.3 Å². The van der Waals surface area contributed by atoms with Gasteiger partial charge in [0.1, 0.15) is 6.04 Å². The zero-order valence-corrected chi connectivity index (χ0v) is 14.7. The Morgan fingerprint density at radius 2 is 2.05 bits per heavy atom. The van der Waals surface area contributed by atoms with Gasteiger partial charge in [0.2, 0.25) is 0 Å². The minimum atomic E-state index is 0.0609. The van der Waals surface area contributed by atoms with Gasteiger partial charge >= 0.3 is 0 Å². The van der Waals surface area contributed by atoms with E-state index in [1.165, 1.54) is 35.7 Å². The molecule has 1 saturated heterocycles. The fraction of sp³-hybridized carbons (Fsp3) is 0.471. The number of carbonyl (C=O) groups excluding carboxylic acids is 1. The molecule has 1 amide bonds. The third-order valence-electron chi connectivity index (χ3n) is 4.36. The SMILES string of the molecule is Cc1ccc(C(=O)N[C@@H](C)[C@H](c2cccs2)[NH+]2CCCC2)s1. The molecule has 0 spiro atoms. The lowest BCUT2D eigenvalue weighted by Gasteiger charge is -2.29. The molecule has 22 heavy (non-hydrogen) atoms. The van der Waals surface area contributed by atoms with Crippen molar-refractivity contribution >= 4 is 28.6 Å². The second-order valence-electron chi connectivity index (χ2n) is 6.03. The zero-order chi connectivity index (χ0) is 15.5. The van der Waals surface area contributed by atoms with E-state index in [9.17, 15) is 4.79 Å². The van der Waals surface area contributed by atoms with E-state index >= 15 is 0 Å². The second-order valence-corrected chi connectivity index (χ2v) is 8.30. The number of thiophene rings is 2.